The second-order valence-electron chi connectivity index (χ2n) is 2.81. The number of hydrogen-bond acceptors (Lipinski definition) is 4. The minimum Gasteiger partial charge on any atom is -0.480 e. The number of amides is 1. The Morgan fingerprint density at radius 3 is 2.77 bits per heavy atom. The van der Waals surface area contributed by atoms with Crippen LogP contribution in [0.25, 0.3) is 0 Å². The van der Waals surface area contributed by atoms with Crippen molar-refractivity contribution in [3.8, 4) is 0 Å². The Balaban J connectivity index is 2.33. The molecule has 1 rings (SSSR count). The van der Waals surface area contributed by atoms with E-state index in [9.17, 15) is 9.59 Å². The number of hydrogen-bond donors (Lipinski definition) is 3. The van der Waals surface area contributed by atoms with E-state index in [0.29, 0.717) is 13.0 Å². The van der Waals surface area contributed by atoms with E-state index >= 15 is 0 Å². The van der Waals surface area contributed by atoms with Crippen LogP contribution in [0, 0.1) is 0 Å². The van der Waals surface area contributed by atoms with Crippen LogP contribution in [-0.2, 0) is 9.53 Å². The van der Waals surface area contributed by atoms with Gasteiger partial charge in [0.15, 0.2) is 0 Å². The van der Waals surface area contributed by atoms with Crippen molar-refractivity contribution < 1.29 is 19.4 Å². The van der Waals surface area contributed by atoms with Crippen LogP contribution in [0.3, 0.4) is 0 Å². The molecule has 0 aliphatic carbocycles. The van der Waals surface area contributed by atoms with Gasteiger partial charge in [0.1, 0.15) is 12.1 Å². The first-order valence-electron chi connectivity index (χ1n) is 3.98. The first-order valence-corrected chi connectivity index (χ1v) is 3.98. The van der Waals surface area contributed by atoms with E-state index in [1.807, 2.05) is 0 Å². The molecule has 6 heteroatoms. The zero-order chi connectivity index (χ0) is 9.84. The fourth-order valence-corrected chi connectivity index (χ4v) is 1.19. The van der Waals surface area contributed by atoms with Gasteiger partial charge in [-0.05, 0) is 0 Å². The van der Waals surface area contributed by atoms with E-state index in [0.717, 1.165) is 0 Å². The van der Waals surface area contributed by atoms with Crippen LogP contribution in [0.5, 0.6) is 0 Å². The molecule has 1 aliphatic heterocycles. The van der Waals surface area contributed by atoms with Crippen molar-refractivity contribution in [3.05, 3.63) is 0 Å². The number of rotatable bonds is 2. The minimum atomic E-state index is -0.914. The standard InChI is InChI=1S/C7H12N2O4/c1-8-7(12)13-4-2-5(6(10)11)9-3-4/h4-5,9H,2-3H2,1H3,(H,8,12)(H,10,11). The molecule has 1 amide bonds. The molecule has 0 aromatic carbocycles. The van der Waals surface area contributed by atoms with Gasteiger partial charge in [-0.3, -0.25) is 4.79 Å². The summed E-state index contributed by atoms with van der Waals surface area (Å²) >= 11 is 0. The maximum atomic E-state index is 10.7. The molecular weight excluding hydrogens is 176 g/mol. The molecule has 0 saturated carbocycles. The molecular formula is C7H12N2O4. The van der Waals surface area contributed by atoms with Gasteiger partial charge in [0.05, 0.1) is 0 Å². The third-order valence-corrected chi connectivity index (χ3v) is 1.87. The molecule has 1 aliphatic rings. The molecule has 1 heterocycles. The highest BCUT2D eigenvalue weighted by Crippen LogP contribution is 2.10. The lowest BCUT2D eigenvalue weighted by Crippen LogP contribution is -2.30. The van der Waals surface area contributed by atoms with Crippen molar-refractivity contribution in [2.24, 2.45) is 0 Å². The summed E-state index contributed by atoms with van der Waals surface area (Å²) in [5.74, 6) is -0.914. The monoisotopic (exact) mass is 188 g/mol. The SMILES string of the molecule is CNC(=O)OC1CNC(C(=O)O)C1. The maximum Gasteiger partial charge on any atom is 0.407 e. The van der Waals surface area contributed by atoms with Crippen molar-refractivity contribution in [1.29, 1.82) is 0 Å². The highest BCUT2D eigenvalue weighted by atomic mass is 16.6. The number of aliphatic carboxylic acids is 1. The molecule has 3 N–H and O–H groups in total. The lowest BCUT2D eigenvalue weighted by molar-refractivity contribution is -0.139. The van der Waals surface area contributed by atoms with Crippen LogP contribution in [0.2, 0.25) is 0 Å². The molecule has 0 spiro atoms. The molecule has 6 nitrogen and oxygen atoms in total. The van der Waals surface area contributed by atoms with Crippen LogP contribution in [0.4, 0.5) is 4.79 Å². The van der Waals surface area contributed by atoms with Crippen molar-refractivity contribution in [3.63, 3.8) is 0 Å². The van der Waals surface area contributed by atoms with Gasteiger partial charge in [-0.25, -0.2) is 4.79 Å². The second-order valence-corrected chi connectivity index (χ2v) is 2.81. The Morgan fingerprint density at radius 2 is 2.31 bits per heavy atom. The molecule has 0 aromatic heterocycles. The largest absolute Gasteiger partial charge is 0.480 e. The normalized spacial score (nSPS) is 26.8. The minimum absolute atomic E-state index is 0.322. The second kappa shape index (κ2) is 4.08. The van der Waals surface area contributed by atoms with Crippen LogP contribution in [-0.4, -0.2) is 42.9 Å². The lowest BCUT2D eigenvalue weighted by Gasteiger charge is -2.09. The average Bonchev–Trinajstić information content (AvgIpc) is 2.52. The van der Waals surface area contributed by atoms with E-state index in [4.69, 9.17) is 9.84 Å². The molecule has 74 valence electrons. The first-order chi connectivity index (χ1) is 6.13. The van der Waals surface area contributed by atoms with E-state index in [2.05, 4.69) is 10.6 Å². The number of carboxylic acid groups (broad SMARTS) is 1. The molecule has 2 atom stereocenters. The molecule has 2 unspecified atom stereocenters. The Bertz CT molecular complexity index is 219. The number of ether oxygens (including phenoxy) is 1. The summed E-state index contributed by atoms with van der Waals surface area (Å²) in [6, 6.07) is -0.602. The van der Waals surface area contributed by atoms with Crippen molar-refractivity contribution in [2.45, 2.75) is 18.6 Å². The summed E-state index contributed by atoms with van der Waals surface area (Å²) in [5.41, 5.74) is 0. The van der Waals surface area contributed by atoms with Crippen LogP contribution < -0.4 is 10.6 Å². The van der Waals surface area contributed by atoms with Gasteiger partial charge in [0, 0.05) is 20.0 Å². The Labute approximate surface area is 75.3 Å². The van der Waals surface area contributed by atoms with Gasteiger partial charge in [0.25, 0.3) is 0 Å². The van der Waals surface area contributed by atoms with Crippen LogP contribution >= 0.6 is 0 Å². The Hall–Kier alpha value is -1.30. The summed E-state index contributed by atoms with van der Waals surface area (Å²) in [4.78, 5) is 21.2. The van der Waals surface area contributed by atoms with Gasteiger partial charge in [-0.2, -0.15) is 0 Å². The Morgan fingerprint density at radius 1 is 1.62 bits per heavy atom. The quantitative estimate of drug-likeness (QED) is 0.525. The molecule has 1 saturated heterocycles. The zero-order valence-electron chi connectivity index (χ0n) is 7.24. The smallest absolute Gasteiger partial charge is 0.407 e. The van der Waals surface area contributed by atoms with Gasteiger partial charge < -0.3 is 20.5 Å². The predicted molar refractivity (Wildman–Crippen MR) is 43.4 cm³/mol. The highest BCUT2D eigenvalue weighted by Gasteiger charge is 2.31. The molecule has 1 fully saturated rings. The van der Waals surface area contributed by atoms with Gasteiger partial charge in [-0.1, -0.05) is 0 Å². The van der Waals surface area contributed by atoms with Crippen molar-refractivity contribution in [2.75, 3.05) is 13.6 Å². The van der Waals surface area contributed by atoms with Crippen LogP contribution in [0.15, 0.2) is 0 Å². The summed E-state index contributed by atoms with van der Waals surface area (Å²) in [6.07, 6.45) is -0.554. The first kappa shape index (κ1) is 9.79. The van der Waals surface area contributed by atoms with E-state index in [1.54, 1.807) is 0 Å². The molecule has 0 aromatic rings. The van der Waals surface area contributed by atoms with E-state index in [1.165, 1.54) is 7.05 Å². The average molecular weight is 188 g/mol. The summed E-state index contributed by atoms with van der Waals surface area (Å²) in [6.45, 7) is 0.393. The summed E-state index contributed by atoms with van der Waals surface area (Å²) in [7, 11) is 1.46. The number of carbonyl (C=O) groups is 2. The third-order valence-electron chi connectivity index (χ3n) is 1.87. The Kier molecular flexibility index (Phi) is 3.07. The topological polar surface area (TPSA) is 87.7 Å². The number of nitrogens with one attached hydrogen (secondary N) is 2. The van der Waals surface area contributed by atoms with Crippen molar-refractivity contribution in [1.82, 2.24) is 10.6 Å². The van der Waals surface area contributed by atoms with Gasteiger partial charge in [-0.15, -0.1) is 0 Å². The summed E-state index contributed by atoms with van der Waals surface area (Å²) < 4.78 is 4.86. The van der Waals surface area contributed by atoms with E-state index in [-0.39, 0.29) is 6.10 Å². The zero-order valence-corrected chi connectivity index (χ0v) is 7.24. The fraction of sp³-hybridized carbons (Fsp3) is 0.714. The number of carbonyl (C=O) groups excluding carboxylic acids is 1. The fourth-order valence-electron chi connectivity index (χ4n) is 1.19. The third kappa shape index (κ3) is 2.59. The van der Waals surface area contributed by atoms with Gasteiger partial charge >= 0.3 is 12.1 Å². The summed E-state index contributed by atoms with van der Waals surface area (Å²) in [5, 5.41) is 13.6. The molecule has 13 heavy (non-hydrogen) atoms. The molecule has 0 radical (unpaired) electrons. The van der Waals surface area contributed by atoms with Crippen LogP contribution in [0.1, 0.15) is 6.42 Å². The molecule has 0 bridgehead atoms. The van der Waals surface area contributed by atoms with E-state index < -0.39 is 18.1 Å². The predicted octanol–water partition coefficient (Wildman–Crippen LogP) is -0.842. The number of carboxylic acids is 1. The lowest BCUT2D eigenvalue weighted by atomic mass is 10.2. The van der Waals surface area contributed by atoms with Gasteiger partial charge in [0.2, 0.25) is 0 Å². The maximum absolute atomic E-state index is 10.7. The highest BCUT2D eigenvalue weighted by molar-refractivity contribution is 5.74. The number of alkyl carbamates (subject to hydrolysis) is 1. The van der Waals surface area contributed by atoms with Crippen molar-refractivity contribution >= 4 is 12.1 Å².